The van der Waals surface area contributed by atoms with E-state index in [1.165, 1.54) is 5.56 Å². The van der Waals surface area contributed by atoms with Gasteiger partial charge in [-0.05, 0) is 48.8 Å². The summed E-state index contributed by atoms with van der Waals surface area (Å²) < 4.78 is 0. The molecular formula is C20H28N6O. The lowest BCUT2D eigenvalue weighted by atomic mass is 10.1. The average molecular weight is 368 g/mol. The van der Waals surface area contributed by atoms with Crippen LogP contribution < -0.4 is 15.5 Å². The molecule has 7 nitrogen and oxygen atoms in total. The van der Waals surface area contributed by atoms with Gasteiger partial charge in [0.05, 0.1) is 0 Å². The summed E-state index contributed by atoms with van der Waals surface area (Å²) in [5, 5.41) is 6.34. The number of hydrogen-bond donors (Lipinski definition) is 3. The summed E-state index contributed by atoms with van der Waals surface area (Å²) in [5.74, 6) is 0.943. The fourth-order valence-electron chi connectivity index (χ4n) is 3.79. The molecule has 4 rings (SSSR count). The zero-order chi connectivity index (χ0) is 18.6. The number of aromatic nitrogens is 2. The molecule has 1 amide bonds. The first-order chi connectivity index (χ1) is 13.2. The third kappa shape index (κ3) is 4.14. The average Bonchev–Trinajstić information content (AvgIpc) is 3.17. The molecule has 27 heavy (non-hydrogen) atoms. The number of carbonyl (C=O) groups excluding carboxylic acids is 1. The number of piperazine rings is 1. The normalized spacial score (nSPS) is 17.6. The van der Waals surface area contributed by atoms with E-state index in [-0.39, 0.29) is 5.91 Å². The summed E-state index contributed by atoms with van der Waals surface area (Å²) in [6.45, 7) is 9.74. The molecule has 3 N–H and O–H groups in total. The van der Waals surface area contributed by atoms with E-state index in [4.69, 9.17) is 0 Å². The van der Waals surface area contributed by atoms with Crippen molar-refractivity contribution in [2.75, 3.05) is 44.2 Å². The summed E-state index contributed by atoms with van der Waals surface area (Å²) in [7, 11) is 0. The predicted molar refractivity (Wildman–Crippen MR) is 106 cm³/mol. The van der Waals surface area contributed by atoms with E-state index in [2.05, 4.69) is 43.4 Å². The Bertz CT molecular complexity index is 770. The van der Waals surface area contributed by atoms with Crippen LogP contribution in [0.5, 0.6) is 0 Å². The molecule has 0 bridgehead atoms. The van der Waals surface area contributed by atoms with E-state index in [0.717, 1.165) is 69.3 Å². The Hall–Kier alpha value is -2.38. The standard InChI is InChI=1S/C20H28N6O/c1-2-25-7-9-26(10-8-25)19-11-15(3-6-22-19)13-23-20(27)17-12-16-4-5-21-14-18(16)24-17/h3,6,11-12,21,24H,2,4-5,7-10,13-14H2,1H3,(H,23,27). The second-order valence-electron chi connectivity index (χ2n) is 7.24. The van der Waals surface area contributed by atoms with E-state index >= 15 is 0 Å². The first-order valence-corrected chi connectivity index (χ1v) is 9.85. The highest BCUT2D eigenvalue weighted by Crippen LogP contribution is 2.17. The predicted octanol–water partition coefficient (Wildman–Crippen LogP) is 1.13. The van der Waals surface area contributed by atoms with Crippen LogP contribution in [0.3, 0.4) is 0 Å². The minimum atomic E-state index is -0.0562. The molecule has 7 heteroatoms. The molecule has 0 saturated carbocycles. The number of H-pyrrole nitrogens is 1. The molecule has 2 aliphatic rings. The zero-order valence-corrected chi connectivity index (χ0v) is 15.9. The van der Waals surface area contributed by atoms with E-state index in [9.17, 15) is 4.79 Å². The number of carbonyl (C=O) groups is 1. The van der Waals surface area contributed by atoms with Gasteiger partial charge in [-0.25, -0.2) is 4.98 Å². The maximum absolute atomic E-state index is 12.5. The Kier molecular flexibility index (Phi) is 5.40. The van der Waals surface area contributed by atoms with Gasteiger partial charge < -0.3 is 25.4 Å². The highest BCUT2D eigenvalue weighted by atomic mass is 16.1. The lowest BCUT2D eigenvalue weighted by Crippen LogP contribution is -2.46. The van der Waals surface area contributed by atoms with Crippen LogP contribution in [-0.4, -0.2) is 60.0 Å². The zero-order valence-electron chi connectivity index (χ0n) is 15.9. The van der Waals surface area contributed by atoms with Gasteiger partial charge in [0.25, 0.3) is 5.91 Å². The van der Waals surface area contributed by atoms with Gasteiger partial charge in [0.1, 0.15) is 11.5 Å². The smallest absolute Gasteiger partial charge is 0.267 e. The van der Waals surface area contributed by atoms with Crippen molar-refractivity contribution in [3.05, 3.63) is 46.9 Å². The highest BCUT2D eigenvalue weighted by molar-refractivity contribution is 5.92. The summed E-state index contributed by atoms with van der Waals surface area (Å²) >= 11 is 0. The number of nitrogens with one attached hydrogen (secondary N) is 3. The molecule has 4 heterocycles. The van der Waals surface area contributed by atoms with Crippen molar-refractivity contribution in [2.24, 2.45) is 0 Å². The molecule has 0 radical (unpaired) electrons. The monoisotopic (exact) mass is 368 g/mol. The lowest BCUT2D eigenvalue weighted by molar-refractivity contribution is 0.0946. The number of aromatic amines is 1. The number of fused-ring (bicyclic) bond motifs is 1. The van der Waals surface area contributed by atoms with Gasteiger partial charge in [-0.15, -0.1) is 0 Å². The molecule has 0 aromatic carbocycles. The molecule has 144 valence electrons. The number of pyridine rings is 1. The van der Waals surface area contributed by atoms with Gasteiger partial charge in [-0.1, -0.05) is 6.92 Å². The van der Waals surface area contributed by atoms with Crippen molar-refractivity contribution in [1.29, 1.82) is 0 Å². The van der Waals surface area contributed by atoms with Crippen LogP contribution in [0.2, 0.25) is 0 Å². The van der Waals surface area contributed by atoms with Crippen molar-refractivity contribution in [2.45, 2.75) is 26.4 Å². The third-order valence-corrected chi connectivity index (χ3v) is 5.52. The van der Waals surface area contributed by atoms with Gasteiger partial charge in [-0.3, -0.25) is 4.79 Å². The molecule has 0 spiro atoms. The quantitative estimate of drug-likeness (QED) is 0.738. The van der Waals surface area contributed by atoms with Crippen LogP contribution in [0.1, 0.15) is 34.2 Å². The van der Waals surface area contributed by atoms with E-state index in [1.807, 2.05) is 18.3 Å². The Morgan fingerprint density at radius 3 is 2.89 bits per heavy atom. The molecule has 2 aromatic heterocycles. The van der Waals surface area contributed by atoms with Crippen molar-refractivity contribution >= 4 is 11.7 Å². The topological polar surface area (TPSA) is 76.3 Å². The summed E-state index contributed by atoms with van der Waals surface area (Å²) in [5.41, 5.74) is 4.10. The summed E-state index contributed by atoms with van der Waals surface area (Å²) in [6, 6.07) is 6.04. The second-order valence-corrected chi connectivity index (χ2v) is 7.24. The van der Waals surface area contributed by atoms with E-state index in [0.29, 0.717) is 12.2 Å². The first-order valence-electron chi connectivity index (χ1n) is 9.85. The summed E-state index contributed by atoms with van der Waals surface area (Å²) in [6.07, 6.45) is 2.81. The molecule has 1 fully saturated rings. The molecule has 2 aromatic rings. The van der Waals surface area contributed by atoms with E-state index < -0.39 is 0 Å². The van der Waals surface area contributed by atoms with Crippen molar-refractivity contribution in [3.8, 4) is 0 Å². The SMILES string of the molecule is CCN1CCN(c2cc(CNC(=O)c3cc4c([nH]3)CNCC4)ccn2)CC1. The largest absolute Gasteiger partial charge is 0.354 e. The number of nitrogens with zero attached hydrogens (tertiary/aromatic N) is 3. The Balaban J connectivity index is 1.36. The molecular weight excluding hydrogens is 340 g/mol. The van der Waals surface area contributed by atoms with Crippen molar-refractivity contribution in [1.82, 2.24) is 25.5 Å². The lowest BCUT2D eigenvalue weighted by Gasteiger charge is -2.34. The first kappa shape index (κ1) is 18.0. The number of hydrogen-bond acceptors (Lipinski definition) is 5. The number of anilines is 1. The highest BCUT2D eigenvalue weighted by Gasteiger charge is 2.18. The molecule has 0 atom stereocenters. The number of amides is 1. The minimum absolute atomic E-state index is 0.0562. The molecule has 0 aliphatic carbocycles. The number of rotatable bonds is 5. The van der Waals surface area contributed by atoms with Gasteiger partial charge in [-0.2, -0.15) is 0 Å². The maximum Gasteiger partial charge on any atom is 0.267 e. The van der Waals surface area contributed by atoms with Crippen LogP contribution in [0.4, 0.5) is 5.82 Å². The van der Waals surface area contributed by atoms with E-state index in [1.54, 1.807) is 0 Å². The third-order valence-electron chi connectivity index (χ3n) is 5.52. The van der Waals surface area contributed by atoms with Crippen LogP contribution in [-0.2, 0) is 19.5 Å². The van der Waals surface area contributed by atoms with Crippen LogP contribution in [0, 0.1) is 0 Å². The van der Waals surface area contributed by atoms with Gasteiger partial charge >= 0.3 is 0 Å². The van der Waals surface area contributed by atoms with Crippen molar-refractivity contribution in [3.63, 3.8) is 0 Å². The van der Waals surface area contributed by atoms with Gasteiger partial charge in [0.15, 0.2) is 0 Å². The van der Waals surface area contributed by atoms with Crippen molar-refractivity contribution < 1.29 is 4.79 Å². The fraction of sp³-hybridized carbons (Fsp3) is 0.500. The number of likely N-dealkylation sites (N-methyl/N-ethyl adjacent to an activating group) is 1. The van der Waals surface area contributed by atoms with Crippen LogP contribution in [0.15, 0.2) is 24.4 Å². The van der Waals surface area contributed by atoms with Crippen LogP contribution >= 0.6 is 0 Å². The van der Waals surface area contributed by atoms with Gasteiger partial charge in [0, 0.05) is 51.2 Å². The molecule has 2 aliphatic heterocycles. The van der Waals surface area contributed by atoms with Crippen LogP contribution in [0.25, 0.3) is 0 Å². The Labute approximate surface area is 160 Å². The Morgan fingerprint density at radius 2 is 2.11 bits per heavy atom. The van der Waals surface area contributed by atoms with Gasteiger partial charge in [0.2, 0.25) is 0 Å². The second kappa shape index (κ2) is 8.10. The minimum Gasteiger partial charge on any atom is -0.354 e. The Morgan fingerprint density at radius 1 is 1.26 bits per heavy atom. The fourth-order valence-corrected chi connectivity index (χ4v) is 3.79. The molecule has 1 saturated heterocycles. The molecule has 0 unspecified atom stereocenters. The maximum atomic E-state index is 12.5. The summed E-state index contributed by atoms with van der Waals surface area (Å²) in [4.78, 5) is 25.0.